The topological polar surface area (TPSA) is 24.9 Å². The molecule has 1 aromatic heterocycles. The molecular formula is C13H18N2. The van der Waals surface area contributed by atoms with Crippen molar-refractivity contribution in [2.24, 2.45) is 0 Å². The maximum absolute atomic E-state index is 4.42. The van der Waals surface area contributed by atoms with Crippen LogP contribution in [0.5, 0.6) is 0 Å². The van der Waals surface area contributed by atoms with Crippen LogP contribution in [0.3, 0.4) is 0 Å². The van der Waals surface area contributed by atoms with Gasteiger partial charge < -0.3 is 5.32 Å². The summed E-state index contributed by atoms with van der Waals surface area (Å²) in [4.78, 5) is 4.42. The molecule has 2 nitrogen and oxygen atoms in total. The molecule has 1 heterocycles. The molecule has 0 amide bonds. The average molecular weight is 202 g/mol. The Labute approximate surface area is 91.7 Å². The van der Waals surface area contributed by atoms with Gasteiger partial charge in [0.15, 0.2) is 0 Å². The summed E-state index contributed by atoms with van der Waals surface area (Å²) in [5.41, 5.74) is 3.09. The third-order valence-electron chi connectivity index (χ3n) is 2.18. The quantitative estimate of drug-likeness (QED) is 0.810. The highest BCUT2D eigenvalue weighted by atomic mass is 14.9. The van der Waals surface area contributed by atoms with Gasteiger partial charge in [0.2, 0.25) is 0 Å². The maximum Gasteiger partial charge on any atom is 0.0487 e. The number of pyridine rings is 1. The van der Waals surface area contributed by atoms with E-state index in [0.29, 0.717) is 0 Å². The third kappa shape index (κ3) is 2.69. The summed E-state index contributed by atoms with van der Waals surface area (Å²) in [7, 11) is 0. The number of rotatable bonds is 3. The predicted molar refractivity (Wildman–Crippen MR) is 66.8 cm³/mol. The van der Waals surface area contributed by atoms with Crippen LogP contribution in [0, 0.1) is 0 Å². The lowest BCUT2D eigenvalue weighted by molar-refractivity contribution is 0.569. The van der Waals surface area contributed by atoms with Crippen LogP contribution in [0.25, 0.3) is 6.08 Å². The van der Waals surface area contributed by atoms with Gasteiger partial charge in [-0.1, -0.05) is 40.0 Å². The summed E-state index contributed by atoms with van der Waals surface area (Å²) in [6.45, 7) is 13.8. The fourth-order valence-electron chi connectivity index (χ4n) is 1.27. The second-order valence-electron chi connectivity index (χ2n) is 4.46. The second kappa shape index (κ2) is 4.30. The summed E-state index contributed by atoms with van der Waals surface area (Å²) in [5.74, 6) is 0. The first-order valence-corrected chi connectivity index (χ1v) is 4.99. The van der Waals surface area contributed by atoms with E-state index in [9.17, 15) is 0 Å². The maximum atomic E-state index is 4.42. The van der Waals surface area contributed by atoms with E-state index in [1.54, 1.807) is 12.3 Å². The van der Waals surface area contributed by atoms with E-state index in [-0.39, 0.29) is 5.41 Å². The van der Waals surface area contributed by atoms with Crippen LogP contribution in [0.15, 0.2) is 31.6 Å². The highest BCUT2D eigenvalue weighted by Gasteiger charge is 2.16. The zero-order valence-corrected chi connectivity index (χ0v) is 9.67. The first kappa shape index (κ1) is 11.5. The van der Waals surface area contributed by atoms with Crippen molar-refractivity contribution in [2.75, 3.05) is 5.32 Å². The van der Waals surface area contributed by atoms with Gasteiger partial charge in [0.05, 0.1) is 0 Å². The number of nitrogens with one attached hydrogen (secondary N) is 1. The lowest BCUT2D eigenvalue weighted by Gasteiger charge is -2.19. The zero-order valence-electron chi connectivity index (χ0n) is 9.67. The number of hydrogen-bond donors (Lipinski definition) is 1. The summed E-state index contributed by atoms with van der Waals surface area (Å²) >= 11 is 0. The van der Waals surface area contributed by atoms with E-state index in [2.05, 4.69) is 44.2 Å². The van der Waals surface area contributed by atoms with E-state index in [1.807, 2.05) is 12.3 Å². The van der Waals surface area contributed by atoms with Gasteiger partial charge in [-0.25, -0.2) is 0 Å². The molecule has 1 N–H and O–H groups in total. The Morgan fingerprint density at radius 2 is 2.00 bits per heavy atom. The van der Waals surface area contributed by atoms with Crippen LogP contribution in [-0.4, -0.2) is 4.98 Å². The summed E-state index contributed by atoms with van der Waals surface area (Å²) in [6.07, 6.45) is 5.28. The fourth-order valence-corrected chi connectivity index (χ4v) is 1.27. The van der Waals surface area contributed by atoms with Gasteiger partial charge in [-0.3, -0.25) is 4.98 Å². The molecule has 15 heavy (non-hydrogen) atoms. The van der Waals surface area contributed by atoms with Gasteiger partial charge in [-0.15, -0.1) is 0 Å². The molecule has 0 spiro atoms. The van der Waals surface area contributed by atoms with E-state index in [1.165, 1.54) is 0 Å². The molecule has 0 aliphatic carbocycles. The molecular weight excluding hydrogens is 184 g/mol. The largest absolute Gasteiger partial charge is 0.362 e. The molecule has 0 unspecified atom stereocenters. The van der Waals surface area contributed by atoms with Crippen molar-refractivity contribution in [1.29, 1.82) is 0 Å². The monoisotopic (exact) mass is 202 g/mol. The molecule has 80 valence electrons. The number of hydrogen-bond acceptors (Lipinski definition) is 2. The van der Waals surface area contributed by atoms with Gasteiger partial charge in [-0.2, -0.15) is 0 Å². The molecule has 0 aliphatic rings. The van der Waals surface area contributed by atoms with Crippen LogP contribution < -0.4 is 5.32 Å². The van der Waals surface area contributed by atoms with E-state index in [4.69, 9.17) is 0 Å². The standard InChI is InChI=1S/C13H18N2/c1-6-10-9-15-12(13(3,4)5)8-11(10)14-7-2/h6-9H,1-2H2,3-5H3,(H,14,15). The van der Waals surface area contributed by atoms with Crippen molar-refractivity contribution >= 4 is 11.8 Å². The first-order chi connectivity index (χ1) is 6.99. The predicted octanol–water partition coefficient (Wildman–Crippen LogP) is 3.58. The van der Waals surface area contributed by atoms with Gasteiger partial charge in [0, 0.05) is 28.6 Å². The van der Waals surface area contributed by atoms with Crippen LogP contribution in [0.2, 0.25) is 0 Å². The van der Waals surface area contributed by atoms with E-state index >= 15 is 0 Å². The van der Waals surface area contributed by atoms with Crippen molar-refractivity contribution in [2.45, 2.75) is 26.2 Å². The van der Waals surface area contributed by atoms with Crippen LogP contribution in [0.1, 0.15) is 32.0 Å². The molecule has 1 aromatic rings. The van der Waals surface area contributed by atoms with Gasteiger partial charge in [0.25, 0.3) is 0 Å². The Kier molecular flexibility index (Phi) is 3.30. The van der Waals surface area contributed by atoms with Crippen LogP contribution in [-0.2, 0) is 5.41 Å². The molecule has 0 aromatic carbocycles. The molecule has 0 saturated heterocycles. The molecule has 0 radical (unpaired) electrons. The van der Waals surface area contributed by atoms with Gasteiger partial charge in [-0.05, 0) is 12.3 Å². The van der Waals surface area contributed by atoms with E-state index < -0.39 is 0 Å². The van der Waals surface area contributed by atoms with Crippen molar-refractivity contribution < 1.29 is 0 Å². The molecule has 1 rings (SSSR count). The smallest absolute Gasteiger partial charge is 0.0487 e. The number of aromatic nitrogens is 1. The van der Waals surface area contributed by atoms with Crippen LogP contribution in [0.4, 0.5) is 5.69 Å². The Morgan fingerprint density at radius 3 is 2.47 bits per heavy atom. The molecule has 0 aliphatic heterocycles. The van der Waals surface area contributed by atoms with Gasteiger partial charge in [0.1, 0.15) is 0 Å². The minimum atomic E-state index is 0.0529. The van der Waals surface area contributed by atoms with Crippen LogP contribution >= 0.6 is 0 Å². The Morgan fingerprint density at radius 1 is 1.33 bits per heavy atom. The molecule has 0 saturated carbocycles. The average Bonchev–Trinajstić information content (AvgIpc) is 2.17. The normalized spacial score (nSPS) is 10.9. The Bertz CT molecular complexity index is 373. The molecule has 0 fully saturated rings. The fraction of sp³-hybridized carbons (Fsp3) is 0.308. The summed E-state index contributed by atoms with van der Waals surface area (Å²) in [5, 5.41) is 3.09. The van der Waals surface area contributed by atoms with Crippen molar-refractivity contribution in [1.82, 2.24) is 4.98 Å². The molecule has 0 bridgehead atoms. The third-order valence-corrected chi connectivity index (χ3v) is 2.18. The highest BCUT2D eigenvalue weighted by molar-refractivity contribution is 5.66. The second-order valence-corrected chi connectivity index (χ2v) is 4.46. The lowest BCUT2D eigenvalue weighted by Crippen LogP contribution is -2.14. The number of nitrogens with zero attached hydrogens (tertiary/aromatic N) is 1. The molecule has 0 atom stereocenters. The highest BCUT2D eigenvalue weighted by Crippen LogP contribution is 2.25. The van der Waals surface area contributed by atoms with Gasteiger partial charge >= 0.3 is 0 Å². The van der Waals surface area contributed by atoms with Crippen molar-refractivity contribution in [3.05, 3.63) is 42.9 Å². The summed E-state index contributed by atoms with van der Waals surface area (Å²) < 4.78 is 0. The lowest BCUT2D eigenvalue weighted by atomic mass is 9.91. The Balaban J connectivity index is 3.21. The first-order valence-electron chi connectivity index (χ1n) is 4.99. The Hall–Kier alpha value is -1.57. The van der Waals surface area contributed by atoms with Crippen molar-refractivity contribution in [3.8, 4) is 0 Å². The van der Waals surface area contributed by atoms with E-state index in [0.717, 1.165) is 16.9 Å². The SMILES string of the molecule is C=CNc1cc(C(C)(C)C)ncc1C=C. The minimum absolute atomic E-state index is 0.0529. The zero-order chi connectivity index (χ0) is 11.5. The molecule has 2 heteroatoms. The van der Waals surface area contributed by atoms with Crippen molar-refractivity contribution in [3.63, 3.8) is 0 Å². The number of anilines is 1. The minimum Gasteiger partial charge on any atom is -0.362 e. The summed E-state index contributed by atoms with van der Waals surface area (Å²) in [6, 6.07) is 2.04.